The lowest BCUT2D eigenvalue weighted by Crippen LogP contribution is -2.38. The van der Waals surface area contributed by atoms with Crippen LogP contribution in [0, 0.1) is 6.92 Å². The van der Waals surface area contributed by atoms with E-state index in [9.17, 15) is 8.42 Å². The fourth-order valence-electron chi connectivity index (χ4n) is 1.96. The van der Waals surface area contributed by atoms with Crippen LogP contribution in [0.5, 0.6) is 0 Å². The Morgan fingerprint density at radius 3 is 2.58 bits per heavy atom. The molecule has 0 spiro atoms. The molecule has 0 amide bonds. The summed E-state index contributed by atoms with van der Waals surface area (Å²) in [5, 5.41) is 0. The van der Waals surface area contributed by atoms with Crippen LogP contribution in [-0.4, -0.2) is 42.3 Å². The van der Waals surface area contributed by atoms with E-state index < -0.39 is 10.0 Å². The standard InChI is InChI=1S/C12H16N2O2S3/c1-9-2-3-10(12(13)17)8-11(9)19(15,16)14-4-6-18-7-5-14/h2-3,8H,4-7H2,1H3,(H2,13,17). The maximum absolute atomic E-state index is 12.6. The van der Waals surface area contributed by atoms with E-state index in [4.69, 9.17) is 18.0 Å². The number of rotatable bonds is 3. The molecule has 1 aromatic rings. The second-order valence-corrected chi connectivity index (χ2v) is 7.93. The highest BCUT2D eigenvalue weighted by molar-refractivity contribution is 7.99. The molecule has 0 bridgehead atoms. The van der Waals surface area contributed by atoms with Crippen molar-refractivity contribution in [3.05, 3.63) is 29.3 Å². The first kappa shape index (κ1) is 14.8. The molecule has 1 aliphatic rings. The number of nitrogens with zero attached hydrogens (tertiary/aromatic N) is 1. The highest BCUT2D eigenvalue weighted by Gasteiger charge is 2.27. The molecule has 7 heteroatoms. The van der Waals surface area contributed by atoms with E-state index in [2.05, 4.69) is 0 Å². The molecule has 1 aliphatic heterocycles. The Kier molecular flexibility index (Phi) is 4.50. The molecule has 19 heavy (non-hydrogen) atoms. The Morgan fingerprint density at radius 2 is 2.00 bits per heavy atom. The van der Waals surface area contributed by atoms with Gasteiger partial charge in [-0.1, -0.05) is 24.4 Å². The molecule has 1 heterocycles. The van der Waals surface area contributed by atoms with Gasteiger partial charge in [-0.05, 0) is 18.6 Å². The predicted molar refractivity (Wildman–Crippen MR) is 83.2 cm³/mol. The van der Waals surface area contributed by atoms with Crippen LogP contribution in [0.2, 0.25) is 0 Å². The average molecular weight is 316 g/mol. The highest BCUT2D eigenvalue weighted by Crippen LogP contribution is 2.24. The normalized spacial score (nSPS) is 17.3. The number of thiocarbonyl (C=S) groups is 1. The summed E-state index contributed by atoms with van der Waals surface area (Å²) in [6.45, 7) is 2.91. The number of hydrogen-bond donors (Lipinski definition) is 1. The molecule has 104 valence electrons. The van der Waals surface area contributed by atoms with E-state index in [-0.39, 0.29) is 4.99 Å². The zero-order chi connectivity index (χ0) is 14.0. The van der Waals surface area contributed by atoms with Crippen molar-refractivity contribution in [2.75, 3.05) is 24.6 Å². The van der Waals surface area contributed by atoms with Crippen LogP contribution in [0.3, 0.4) is 0 Å². The van der Waals surface area contributed by atoms with E-state index in [1.165, 1.54) is 4.31 Å². The first-order valence-electron chi connectivity index (χ1n) is 5.91. The summed E-state index contributed by atoms with van der Waals surface area (Å²) in [7, 11) is -3.44. The molecule has 1 aromatic carbocycles. The molecule has 0 unspecified atom stereocenters. The van der Waals surface area contributed by atoms with Gasteiger partial charge in [-0.2, -0.15) is 16.1 Å². The lowest BCUT2D eigenvalue weighted by Gasteiger charge is -2.26. The largest absolute Gasteiger partial charge is 0.389 e. The number of nitrogens with two attached hydrogens (primary N) is 1. The van der Waals surface area contributed by atoms with Gasteiger partial charge in [0.15, 0.2) is 0 Å². The van der Waals surface area contributed by atoms with E-state index in [0.717, 1.165) is 17.1 Å². The molecular weight excluding hydrogens is 300 g/mol. The maximum Gasteiger partial charge on any atom is 0.243 e. The van der Waals surface area contributed by atoms with Gasteiger partial charge in [0.1, 0.15) is 4.99 Å². The molecule has 4 nitrogen and oxygen atoms in total. The molecular formula is C12H16N2O2S3. The first-order chi connectivity index (χ1) is 8.93. The minimum atomic E-state index is -3.44. The van der Waals surface area contributed by atoms with Crippen molar-refractivity contribution < 1.29 is 8.42 Å². The average Bonchev–Trinajstić information content (AvgIpc) is 2.39. The van der Waals surface area contributed by atoms with E-state index >= 15 is 0 Å². The lowest BCUT2D eigenvalue weighted by molar-refractivity contribution is 0.443. The van der Waals surface area contributed by atoms with Crippen molar-refractivity contribution in [1.29, 1.82) is 0 Å². The Bertz CT molecular complexity index is 593. The number of thioether (sulfide) groups is 1. The van der Waals surface area contributed by atoms with Gasteiger partial charge in [0.25, 0.3) is 0 Å². The molecule has 0 radical (unpaired) electrons. The quantitative estimate of drug-likeness (QED) is 0.853. The van der Waals surface area contributed by atoms with Crippen LogP contribution in [-0.2, 0) is 10.0 Å². The highest BCUT2D eigenvalue weighted by atomic mass is 32.2. The lowest BCUT2D eigenvalue weighted by atomic mass is 10.1. The molecule has 0 aromatic heterocycles. The molecule has 1 saturated heterocycles. The van der Waals surface area contributed by atoms with Crippen molar-refractivity contribution >= 4 is 39.0 Å². The molecule has 0 saturated carbocycles. The van der Waals surface area contributed by atoms with Gasteiger partial charge in [0.05, 0.1) is 4.90 Å². The van der Waals surface area contributed by atoms with E-state index in [1.807, 2.05) is 0 Å². The summed E-state index contributed by atoms with van der Waals surface area (Å²) in [5.41, 5.74) is 6.88. The summed E-state index contributed by atoms with van der Waals surface area (Å²) < 4.78 is 26.8. The number of benzene rings is 1. The van der Waals surface area contributed by atoms with Crippen molar-refractivity contribution in [2.24, 2.45) is 5.73 Å². The van der Waals surface area contributed by atoms with Gasteiger partial charge in [0.2, 0.25) is 10.0 Å². The van der Waals surface area contributed by atoms with Crippen LogP contribution >= 0.6 is 24.0 Å². The fraction of sp³-hybridized carbons (Fsp3) is 0.417. The van der Waals surface area contributed by atoms with Crippen LogP contribution in [0.25, 0.3) is 0 Å². The Morgan fingerprint density at radius 1 is 1.37 bits per heavy atom. The minimum absolute atomic E-state index is 0.214. The molecule has 1 fully saturated rings. The van der Waals surface area contributed by atoms with Crippen molar-refractivity contribution in [3.63, 3.8) is 0 Å². The van der Waals surface area contributed by atoms with Gasteiger partial charge in [-0.3, -0.25) is 0 Å². The van der Waals surface area contributed by atoms with E-state index in [1.54, 1.807) is 36.9 Å². The predicted octanol–water partition coefficient (Wildman–Crippen LogP) is 1.37. The first-order valence-corrected chi connectivity index (χ1v) is 8.91. The fourth-order valence-corrected chi connectivity index (χ4v) is 4.91. The van der Waals surface area contributed by atoms with Crippen LogP contribution in [0.1, 0.15) is 11.1 Å². The van der Waals surface area contributed by atoms with Gasteiger partial charge in [-0.15, -0.1) is 0 Å². The summed E-state index contributed by atoms with van der Waals surface area (Å²) in [6, 6.07) is 5.08. The maximum atomic E-state index is 12.6. The monoisotopic (exact) mass is 316 g/mol. The Balaban J connectivity index is 2.44. The van der Waals surface area contributed by atoms with Gasteiger partial charge in [0, 0.05) is 30.2 Å². The second kappa shape index (κ2) is 5.78. The zero-order valence-electron chi connectivity index (χ0n) is 10.6. The van der Waals surface area contributed by atoms with Gasteiger partial charge < -0.3 is 5.73 Å². The summed E-state index contributed by atoms with van der Waals surface area (Å²) in [6.07, 6.45) is 0. The smallest absolute Gasteiger partial charge is 0.243 e. The second-order valence-electron chi connectivity index (χ2n) is 4.36. The number of hydrogen-bond acceptors (Lipinski definition) is 4. The zero-order valence-corrected chi connectivity index (χ0v) is 13.1. The van der Waals surface area contributed by atoms with Gasteiger partial charge in [-0.25, -0.2) is 8.42 Å². The van der Waals surface area contributed by atoms with Crippen LogP contribution in [0.15, 0.2) is 23.1 Å². The topological polar surface area (TPSA) is 63.4 Å². The molecule has 2 rings (SSSR count). The third kappa shape index (κ3) is 3.10. The van der Waals surface area contributed by atoms with Crippen molar-refractivity contribution in [2.45, 2.75) is 11.8 Å². The van der Waals surface area contributed by atoms with Crippen molar-refractivity contribution in [3.8, 4) is 0 Å². The molecule has 0 aliphatic carbocycles. The van der Waals surface area contributed by atoms with Gasteiger partial charge >= 0.3 is 0 Å². The number of aryl methyl sites for hydroxylation is 1. The van der Waals surface area contributed by atoms with Crippen LogP contribution < -0.4 is 5.73 Å². The third-order valence-corrected chi connectivity index (χ3v) is 6.28. The number of sulfonamides is 1. The molecule has 2 N–H and O–H groups in total. The molecule has 0 atom stereocenters. The van der Waals surface area contributed by atoms with Crippen LogP contribution in [0.4, 0.5) is 0 Å². The SMILES string of the molecule is Cc1ccc(C(N)=S)cc1S(=O)(=O)N1CCSCC1. The Labute approximate surface area is 123 Å². The van der Waals surface area contributed by atoms with Crippen molar-refractivity contribution in [1.82, 2.24) is 4.31 Å². The summed E-state index contributed by atoms with van der Waals surface area (Å²) >= 11 is 6.69. The van der Waals surface area contributed by atoms with E-state index in [0.29, 0.717) is 23.5 Å². The Hall–Kier alpha value is -0.630. The minimum Gasteiger partial charge on any atom is -0.389 e. The summed E-state index contributed by atoms with van der Waals surface area (Å²) in [4.78, 5) is 0.523. The summed E-state index contributed by atoms with van der Waals surface area (Å²) in [5.74, 6) is 1.68. The third-order valence-electron chi connectivity index (χ3n) is 3.06.